The monoisotopic (exact) mass is 211 g/mol. The Bertz CT molecular complexity index is 266. The quantitative estimate of drug-likeness (QED) is 0.677. The van der Waals surface area contributed by atoms with Crippen molar-refractivity contribution in [3.8, 4) is 0 Å². The maximum absolute atomic E-state index is 9.98. The van der Waals surface area contributed by atoms with Crippen LogP contribution in [0.15, 0.2) is 0 Å². The van der Waals surface area contributed by atoms with Crippen molar-refractivity contribution in [1.82, 2.24) is 0 Å². The van der Waals surface area contributed by atoms with E-state index >= 15 is 0 Å². The van der Waals surface area contributed by atoms with Crippen molar-refractivity contribution in [2.24, 2.45) is 23.0 Å². The SMILES string of the molecule is CO[C@@H]1C[C@@]2(CC1O)[C@H]1CC[C@H](C1)[C@@H]2N. The van der Waals surface area contributed by atoms with Gasteiger partial charge in [-0.25, -0.2) is 0 Å². The molecular formula is C12H21NO2. The summed E-state index contributed by atoms with van der Waals surface area (Å²) in [6.45, 7) is 0. The van der Waals surface area contributed by atoms with Gasteiger partial charge in [-0.05, 0) is 49.4 Å². The molecule has 3 saturated carbocycles. The summed E-state index contributed by atoms with van der Waals surface area (Å²) in [4.78, 5) is 0. The Morgan fingerprint density at radius 3 is 2.67 bits per heavy atom. The van der Waals surface area contributed by atoms with E-state index < -0.39 is 0 Å². The Labute approximate surface area is 91.0 Å². The second-order valence-electron chi connectivity index (χ2n) is 5.78. The summed E-state index contributed by atoms with van der Waals surface area (Å²) < 4.78 is 5.36. The van der Waals surface area contributed by atoms with E-state index in [1.807, 2.05) is 0 Å². The van der Waals surface area contributed by atoms with Crippen molar-refractivity contribution in [1.29, 1.82) is 0 Å². The summed E-state index contributed by atoms with van der Waals surface area (Å²) in [6.07, 6.45) is 5.50. The van der Waals surface area contributed by atoms with Crippen LogP contribution in [0.4, 0.5) is 0 Å². The first kappa shape index (κ1) is 10.1. The van der Waals surface area contributed by atoms with Gasteiger partial charge in [0.05, 0.1) is 12.2 Å². The molecule has 1 spiro atoms. The lowest BCUT2D eigenvalue weighted by Gasteiger charge is -2.39. The number of ether oxygens (including phenoxy) is 1. The molecule has 6 atom stereocenters. The van der Waals surface area contributed by atoms with Crippen molar-refractivity contribution in [2.45, 2.75) is 50.4 Å². The van der Waals surface area contributed by atoms with Crippen LogP contribution in [0, 0.1) is 17.3 Å². The highest BCUT2D eigenvalue weighted by Crippen LogP contribution is 2.62. The summed E-state index contributed by atoms with van der Waals surface area (Å²) in [6, 6.07) is 0.311. The predicted molar refractivity (Wildman–Crippen MR) is 57.3 cm³/mol. The first-order valence-electron chi connectivity index (χ1n) is 6.14. The molecule has 0 heterocycles. The summed E-state index contributed by atoms with van der Waals surface area (Å²) in [7, 11) is 1.70. The van der Waals surface area contributed by atoms with Crippen LogP contribution < -0.4 is 5.73 Å². The van der Waals surface area contributed by atoms with Gasteiger partial charge in [0.25, 0.3) is 0 Å². The summed E-state index contributed by atoms with van der Waals surface area (Å²) in [5.74, 6) is 1.48. The average Bonchev–Trinajstić information content (AvgIpc) is 2.85. The molecule has 3 heteroatoms. The fourth-order valence-corrected chi connectivity index (χ4v) is 4.57. The Morgan fingerprint density at radius 1 is 1.33 bits per heavy atom. The Morgan fingerprint density at radius 2 is 2.13 bits per heavy atom. The molecular weight excluding hydrogens is 190 g/mol. The zero-order chi connectivity index (χ0) is 10.6. The van der Waals surface area contributed by atoms with Crippen LogP contribution in [-0.2, 0) is 4.74 Å². The Balaban J connectivity index is 1.86. The molecule has 3 nitrogen and oxygen atoms in total. The minimum absolute atomic E-state index is 0.0235. The Hall–Kier alpha value is -0.120. The fourth-order valence-electron chi connectivity index (χ4n) is 4.57. The number of aliphatic hydroxyl groups is 1. The number of nitrogens with two attached hydrogens (primary N) is 1. The van der Waals surface area contributed by atoms with Gasteiger partial charge in [0, 0.05) is 13.2 Å². The molecule has 0 radical (unpaired) electrons. The zero-order valence-corrected chi connectivity index (χ0v) is 9.36. The number of fused-ring (bicyclic) bond motifs is 3. The lowest BCUT2D eigenvalue weighted by molar-refractivity contribution is 0.00927. The third kappa shape index (κ3) is 1.17. The van der Waals surface area contributed by atoms with Crippen LogP contribution in [0.2, 0.25) is 0 Å². The zero-order valence-electron chi connectivity index (χ0n) is 9.36. The normalized spacial score (nSPS) is 58.2. The maximum atomic E-state index is 9.98. The maximum Gasteiger partial charge on any atom is 0.0836 e. The highest BCUT2D eigenvalue weighted by atomic mass is 16.5. The van der Waals surface area contributed by atoms with Crippen molar-refractivity contribution in [3.05, 3.63) is 0 Å². The van der Waals surface area contributed by atoms with Crippen molar-refractivity contribution >= 4 is 0 Å². The summed E-state index contributed by atoms with van der Waals surface area (Å²) in [5, 5.41) is 9.98. The summed E-state index contributed by atoms with van der Waals surface area (Å²) in [5.41, 5.74) is 6.58. The molecule has 0 amide bonds. The van der Waals surface area contributed by atoms with Crippen LogP contribution in [0.5, 0.6) is 0 Å². The molecule has 0 aromatic rings. The van der Waals surface area contributed by atoms with Crippen molar-refractivity contribution in [2.75, 3.05) is 7.11 Å². The van der Waals surface area contributed by atoms with Crippen molar-refractivity contribution in [3.63, 3.8) is 0 Å². The van der Waals surface area contributed by atoms with E-state index in [1.54, 1.807) is 7.11 Å². The first-order valence-corrected chi connectivity index (χ1v) is 6.14. The first-order chi connectivity index (χ1) is 7.17. The number of hydrogen-bond acceptors (Lipinski definition) is 3. The minimum Gasteiger partial charge on any atom is -0.390 e. The second kappa shape index (κ2) is 3.19. The topological polar surface area (TPSA) is 55.5 Å². The van der Waals surface area contributed by atoms with Gasteiger partial charge in [0.15, 0.2) is 0 Å². The summed E-state index contributed by atoms with van der Waals surface area (Å²) >= 11 is 0. The van der Waals surface area contributed by atoms with Crippen molar-refractivity contribution < 1.29 is 9.84 Å². The average molecular weight is 211 g/mol. The van der Waals surface area contributed by atoms with Gasteiger partial charge in [-0.3, -0.25) is 0 Å². The molecule has 1 unspecified atom stereocenters. The van der Waals surface area contributed by atoms with Gasteiger partial charge < -0.3 is 15.6 Å². The molecule has 3 aliphatic rings. The molecule has 3 fully saturated rings. The van der Waals surface area contributed by atoms with Crippen LogP contribution in [0.3, 0.4) is 0 Å². The lowest BCUT2D eigenvalue weighted by atomic mass is 9.69. The minimum atomic E-state index is -0.291. The highest BCUT2D eigenvalue weighted by Gasteiger charge is 2.61. The molecule has 15 heavy (non-hydrogen) atoms. The number of methoxy groups -OCH3 is 1. The smallest absolute Gasteiger partial charge is 0.0836 e. The number of rotatable bonds is 1. The molecule has 0 saturated heterocycles. The van der Waals surface area contributed by atoms with Gasteiger partial charge in [0.1, 0.15) is 0 Å². The lowest BCUT2D eigenvalue weighted by Crippen LogP contribution is -2.45. The van der Waals surface area contributed by atoms with Gasteiger partial charge in [-0.15, -0.1) is 0 Å². The molecule has 0 aromatic heterocycles. The molecule has 3 aliphatic carbocycles. The standard InChI is InChI=1S/C12H21NO2/c1-15-10-6-12(5-9(10)14)8-3-2-7(4-8)11(12)13/h7-11,14H,2-6,13H2,1H3/t7-,8+,9?,10-,11+,12+/m1/s1. The molecule has 2 bridgehead atoms. The van der Waals surface area contributed by atoms with E-state index in [4.69, 9.17) is 10.5 Å². The molecule has 0 aromatic carbocycles. The predicted octanol–water partition coefficient (Wildman–Crippen LogP) is 0.900. The number of aliphatic hydroxyl groups excluding tert-OH is 1. The van der Waals surface area contributed by atoms with E-state index in [-0.39, 0.29) is 17.6 Å². The van der Waals surface area contributed by atoms with E-state index in [0.717, 1.165) is 24.7 Å². The van der Waals surface area contributed by atoms with E-state index in [2.05, 4.69) is 0 Å². The van der Waals surface area contributed by atoms with Crippen LogP contribution >= 0.6 is 0 Å². The van der Waals surface area contributed by atoms with E-state index in [0.29, 0.717) is 6.04 Å². The fraction of sp³-hybridized carbons (Fsp3) is 1.00. The van der Waals surface area contributed by atoms with Gasteiger partial charge in [-0.1, -0.05) is 0 Å². The Kier molecular flexibility index (Phi) is 2.14. The number of hydrogen-bond donors (Lipinski definition) is 2. The highest BCUT2D eigenvalue weighted by molar-refractivity contribution is 5.13. The van der Waals surface area contributed by atoms with Crippen LogP contribution in [0.25, 0.3) is 0 Å². The van der Waals surface area contributed by atoms with Crippen LogP contribution in [-0.4, -0.2) is 30.5 Å². The van der Waals surface area contributed by atoms with E-state index in [1.165, 1.54) is 19.3 Å². The third-order valence-corrected chi connectivity index (χ3v) is 5.36. The molecule has 0 aliphatic heterocycles. The van der Waals surface area contributed by atoms with Crippen LogP contribution in [0.1, 0.15) is 32.1 Å². The van der Waals surface area contributed by atoms with E-state index in [9.17, 15) is 5.11 Å². The molecule has 3 N–H and O–H groups in total. The van der Waals surface area contributed by atoms with Gasteiger partial charge in [0.2, 0.25) is 0 Å². The third-order valence-electron chi connectivity index (χ3n) is 5.36. The molecule has 86 valence electrons. The second-order valence-corrected chi connectivity index (χ2v) is 5.78. The molecule has 3 rings (SSSR count). The van der Waals surface area contributed by atoms with Gasteiger partial charge >= 0.3 is 0 Å². The largest absolute Gasteiger partial charge is 0.390 e. The van der Waals surface area contributed by atoms with Gasteiger partial charge in [-0.2, -0.15) is 0 Å².